The molecule has 2 N–H and O–H groups in total. The summed E-state index contributed by atoms with van der Waals surface area (Å²) in [6.07, 6.45) is 5.64. The Kier molecular flexibility index (Phi) is 6.25. The molecule has 7 heteroatoms. The van der Waals surface area contributed by atoms with Crippen LogP contribution in [0.15, 0.2) is 53.9 Å². The summed E-state index contributed by atoms with van der Waals surface area (Å²) in [6.45, 7) is 7.03. The zero-order chi connectivity index (χ0) is 19.1. The molecule has 0 saturated carbocycles. The number of nitrogens with one attached hydrogen (secondary N) is 2. The van der Waals surface area contributed by atoms with Crippen molar-refractivity contribution in [3.63, 3.8) is 0 Å². The summed E-state index contributed by atoms with van der Waals surface area (Å²) >= 11 is 0. The molecule has 0 radical (unpaired) electrons. The van der Waals surface area contributed by atoms with Crippen LogP contribution in [-0.4, -0.2) is 31.8 Å². The highest BCUT2D eigenvalue weighted by Gasteiger charge is 2.03. The van der Waals surface area contributed by atoms with E-state index in [1.54, 1.807) is 6.20 Å². The summed E-state index contributed by atoms with van der Waals surface area (Å²) in [7, 11) is 1.94. The maximum Gasteiger partial charge on any atom is 0.191 e. The molecule has 0 aliphatic heterocycles. The molecule has 3 rings (SSSR count). The molecule has 7 nitrogen and oxygen atoms in total. The Morgan fingerprint density at radius 2 is 2.00 bits per heavy atom. The number of aliphatic imine (C=N–C) groups is 1. The highest BCUT2D eigenvalue weighted by molar-refractivity contribution is 5.79. The predicted octanol–water partition coefficient (Wildman–Crippen LogP) is 2.23. The SMILES string of the molecule is CCNC(=NCc1cccc(Cn2ccnc2C)c1)NCc1ccnn1C. The van der Waals surface area contributed by atoms with Gasteiger partial charge in [-0.3, -0.25) is 4.68 Å². The number of hydrogen-bond acceptors (Lipinski definition) is 3. The van der Waals surface area contributed by atoms with Crippen LogP contribution >= 0.6 is 0 Å². The Balaban J connectivity index is 1.64. The number of nitrogens with zero attached hydrogens (tertiary/aromatic N) is 5. The summed E-state index contributed by atoms with van der Waals surface area (Å²) < 4.78 is 4.00. The fourth-order valence-electron chi connectivity index (χ4n) is 2.85. The summed E-state index contributed by atoms with van der Waals surface area (Å²) in [6, 6.07) is 10.5. The van der Waals surface area contributed by atoms with Gasteiger partial charge in [0.1, 0.15) is 5.82 Å². The van der Waals surface area contributed by atoms with E-state index in [0.29, 0.717) is 13.1 Å². The van der Waals surface area contributed by atoms with Crippen LogP contribution in [0.2, 0.25) is 0 Å². The normalized spacial score (nSPS) is 11.6. The van der Waals surface area contributed by atoms with E-state index >= 15 is 0 Å². The summed E-state index contributed by atoms with van der Waals surface area (Å²) in [4.78, 5) is 9.00. The average Bonchev–Trinajstić information content (AvgIpc) is 3.26. The van der Waals surface area contributed by atoms with E-state index in [1.807, 2.05) is 37.1 Å². The van der Waals surface area contributed by atoms with Crippen molar-refractivity contribution in [2.75, 3.05) is 6.54 Å². The number of benzene rings is 1. The largest absolute Gasteiger partial charge is 0.357 e. The number of rotatable bonds is 7. The van der Waals surface area contributed by atoms with Crippen molar-refractivity contribution in [3.8, 4) is 0 Å². The van der Waals surface area contributed by atoms with Gasteiger partial charge in [0.25, 0.3) is 0 Å². The number of imidazole rings is 1. The molecule has 0 aliphatic carbocycles. The van der Waals surface area contributed by atoms with Crippen molar-refractivity contribution in [2.24, 2.45) is 12.0 Å². The Bertz CT molecular complexity index is 891. The van der Waals surface area contributed by atoms with Crippen LogP contribution in [0.4, 0.5) is 0 Å². The third-order valence-corrected chi connectivity index (χ3v) is 4.39. The molecule has 0 fully saturated rings. The maximum atomic E-state index is 4.71. The first-order valence-electron chi connectivity index (χ1n) is 9.20. The zero-order valence-corrected chi connectivity index (χ0v) is 16.2. The number of hydrogen-bond donors (Lipinski definition) is 2. The molecule has 0 aliphatic rings. The highest BCUT2D eigenvalue weighted by Crippen LogP contribution is 2.10. The van der Waals surface area contributed by atoms with Crippen molar-refractivity contribution in [2.45, 2.75) is 33.5 Å². The van der Waals surface area contributed by atoms with Gasteiger partial charge in [0, 0.05) is 38.7 Å². The predicted molar refractivity (Wildman–Crippen MR) is 107 cm³/mol. The van der Waals surface area contributed by atoms with Crippen LogP contribution in [0.25, 0.3) is 0 Å². The highest BCUT2D eigenvalue weighted by atomic mass is 15.3. The fraction of sp³-hybridized carbons (Fsp3) is 0.350. The van der Waals surface area contributed by atoms with Gasteiger partial charge in [-0.05, 0) is 31.0 Å². The minimum Gasteiger partial charge on any atom is -0.357 e. The minimum atomic E-state index is 0.622. The molecule has 0 atom stereocenters. The first-order valence-corrected chi connectivity index (χ1v) is 9.20. The molecular formula is C20H27N7. The van der Waals surface area contributed by atoms with Crippen LogP contribution in [0.5, 0.6) is 0 Å². The quantitative estimate of drug-likeness (QED) is 0.497. The van der Waals surface area contributed by atoms with Crippen molar-refractivity contribution in [3.05, 3.63) is 71.6 Å². The van der Waals surface area contributed by atoms with Gasteiger partial charge < -0.3 is 15.2 Å². The second-order valence-corrected chi connectivity index (χ2v) is 6.42. The first kappa shape index (κ1) is 18.7. The molecule has 0 saturated heterocycles. The van der Waals surface area contributed by atoms with Gasteiger partial charge in [-0.1, -0.05) is 24.3 Å². The standard InChI is InChI=1S/C20H27N7/c1-4-21-20(24-14-19-8-9-25-26(19)3)23-13-17-6-5-7-18(12-17)15-27-11-10-22-16(27)2/h5-12H,4,13-15H2,1-3H3,(H2,21,23,24). The van der Waals surface area contributed by atoms with Gasteiger partial charge in [-0.15, -0.1) is 0 Å². The van der Waals surface area contributed by atoms with Crippen LogP contribution < -0.4 is 10.6 Å². The van der Waals surface area contributed by atoms with E-state index in [0.717, 1.165) is 30.6 Å². The van der Waals surface area contributed by atoms with Crippen LogP contribution in [-0.2, 0) is 26.7 Å². The summed E-state index contributed by atoms with van der Waals surface area (Å²) in [5.74, 6) is 1.82. The van der Waals surface area contributed by atoms with Gasteiger partial charge in [0.05, 0.1) is 18.8 Å². The van der Waals surface area contributed by atoms with Gasteiger partial charge in [0.15, 0.2) is 5.96 Å². The Labute approximate surface area is 160 Å². The van der Waals surface area contributed by atoms with E-state index < -0.39 is 0 Å². The van der Waals surface area contributed by atoms with Crippen molar-refractivity contribution in [1.29, 1.82) is 0 Å². The zero-order valence-electron chi connectivity index (χ0n) is 16.2. The first-order chi connectivity index (χ1) is 13.2. The van der Waals surface area contributed by atoms with Crippen LogP contribution in [0.3, 0.4) is 0 Å². The van der Waals surface area contributed by atoms with E-state index in [9.17, 15) is 0 Å². The topological polar surface area (TPSA) is 72.1 Å². The van der Waals surface area contributed by atoms with Gasteiger partial charge in [-0.2, -0.15) is 5.10 Å². The third kappa shape index (κ3) is 5.20. The van der Waals surface area contributed by atoms with Crippen molar-refractivity contribution < 1.29 is 0 Å². The van der Waals surface area contributed by atoms with Crippen molar-refractivity contribution in [1.82, 2.24) is 30.0 Å². The number of aromatic nitrogens is 4. The molecule has 2 aromatic heterocycles. The molecule has 142 valence electrons. The van der Waals surface area contributed by atoms with E-state index in [4.69, 9.17) is 4.99 Å². The van der Waals surface area contributed by atoms with Crippen LogP contribution in [0.1, 0.15) is 29.6 Å². The molecule has 0 bridgehead atoms. The lowest BCUT2D eigenvalue weighted by atomic mass is 10.1. The second kappa shape index (κ2) is 9.02. The van der Waals surface area contributed by atoms with Crippen LogP contribution in [0, 0.1) is 6.92 Å². The van der Waals surface area contributed by atoms with E-state index in [-0.39, 0.29) is 0 Å². The Morgan fingerprint density at radius 3 is 2.70 bits per heavy atom. The monoisotopic (exact) mass is 365 g/mol. The van der Waals surface area contributed by atoms with Gasteiger partial charge >= 0.3 is 0 Å². The van der Waals surface area contributed by atoms with Gasteiger partial charge in [0.2, 0.25) is 0 Å². The van der Waals surface area contributed by atoms with E-state index in [1.165, 1.54) is 11.1 Å². The Hall–Kier alpha value is -3.09. The van der Waals surface area contributed by atoms with Crippen molar-refractivity contribution >= 4 is 5.96 Å². The second-order valence-electron chi connectivity index (χ2n) is 6.42. The van der Waals surface area contributed by atoms with Gasteiger partial charge in [-0.25, -0.2) is 9.98 Å². The molecule has 27 heavy (non-hydrogen) atoms. The van der Waals surface area contributed by atoms with E-state index in [2.05, 4.69) is 56.5 Å². The fourth-order valence-corrected chi connectivity index (χ4v) is 2.85. The lowest BCUT2D eigenvalue weighted by molar-refractivity contribution is 0.685. The number of guanidine groups is 1. The molecule has 0 unspecified atom stereocenters. The molecule has 0 amide bonds. The lowest BCUT2D eigenvalue weighted by Crippen LogP contribution is -2.37. The molecule has 0 spiro atoms. The average molecular weight is 365 g/mol. The smallest absolute Gasteiger partial charge is 0.191 e. The molecule has 3 aromatic rings. The molecular weight excluding hydrogens is 338 g/mol. The Morgan fingerprint density at radius 1 is 1.15 bits per heavy atom. The summed E-state index contributed by atoms with van der Waals surface area (Å²) in [5, 5.41) is 10.8. The summed E-state index contributed by atoms with van der Waals surface area (Å²) in [5.41, 5.74) is 3.54. The minimum absolute atomic E-state index is 0.622. The third-order valence-electron chi connectivity index (χ3n) is 4.39. The molecule has 1 aromatic carbocycles. The molecule has 2 heterocycles. The lowest BCUT2D eigenvalue weighted by Gasteiger charge is -2.12. The number of aryl methyl sites for hydroxylation is 2. The maximum absolute atomic E-state index is 4.71.